The molecule has 0 spiro atoms. The molecule has 0 amide bonds. The summed E-state index contributed by atoms with van der Waals surface area (Å²) in [5.74, 6) is 0.782. The van der Waals surface area contributed by atoms with Crippen molar-refractivity contribution in [2.75, 3.05) is 14.2 Å². The molecule has 0 N–H and O–H groups in total. The van der Waals surface area contributed by atoms with Gasteiger partial charge < -0.3 is 14.2 Å². The van der Waals surface area contributed by atoms with E-state index in [9.17, 15) is 0 Å². The molecule has 0 radical (unpaired) electrons. The van der Waals surface area contributed by atoms with Crippen molar-refractivity contribution in [2.45, 2.75) is 26.2 Å². The van der Waals surface area contributed by atoms with Crippen LogP contribution in [0.5, 0.6) is 5.75 Å². The molecule has 22 heavy (non-hydrogen) atoms. The van der Waals surface area contributed by atoms with Gasteiger partial charge in [-0.1, -0.05) is 18.2 Å². The number of hydrogen-bond acceptors (Lipinski definition) is 3. The number of rotatable bonds is 5. The van der Waals surface area contributed by atoms with Gasteiger partial charge in [-0.05, 0) is 19.9 Å². The van der Waals surface area contributed by atoms with Gasteiger partial charge in [0.2, 0.25) is 0 Å². The van der Waals surface area contributed by atoms with E-state index < -0.39 is 0 Å². The normalized spacial score (nSPS) is 9.05. The second kappa shape index (κ2) is 22.0. The summed E-state index contributed by atoms with van der Waals surface area (Å²) in [4.78, 5) is 0. The Bertz CT molecular complexity index is 400. The molecule has 1 rings (SSSR count). The van der Waals surface area contributed by atoms with Crippen LogP contribution in [0.25, 0.3) is 0 Å². The number of ether oxygens (including phenoxy) is 3. The molecule has 120 valence electrons. The number of para-hydroxylation sites is 1. The summed E-state index contributed by atoms with van der Waals surface area (Å²) in [6.45, 7) is 17.4. The van der Waals surface area contributed by atoms with Crippen molar-refractivity contribution >= 4 is 0 Å². The van der Waals surface area contributed by atoms with E-state index in [4.69, 9.17) is 28.2 Å². The van der Waals surface area contributed by atoms with Crippen LogP contribution in [0.15, 0.2) is 24.3 Å². The first-order chi connectivity index (χ1) is 10.2. The predicted molar refractivity (Wildman–Crippen MR) is 70.8 cm³/mol. The van der Waals surface area contributed by atoms with E-state index in [2.05, 4.69) is 20.0 Å². The fraction of sp³-hybridized carbons (Fsp3) is 0.400. The summed E-state index contributed by atoms with van der Waals surface area (Å²) in [6, 6.07) is 7.69. The summed E-state index contributed by atoms with van der Waals surface area (Å²) in [5, 5.41) is 0. The molecule has 1 aromatic carbocycles. The number of benzene rings is 1. The Hall–Kier alpha value is -1.31. The molecule has 0 saturated heterocycles. The van der Waals surface area contributed by atoms with E-state index in [0.717, 1.165) is 11.3 Å². The fourth-order valence-corrected chi connectivity index (χ4v) is 1.36. The second-order valence-electron chi connectivity index (χ2n) is 3.49. The van der Waals surface area contributed by atoms with Crippen molar-refractivity contribution in [3.8, 4) is 5.75 Å². The van der Waals surface area contributed by atoms with Crippen molar-refractivity contribution in [3.63, 3.8) is 0 Å². The first-order valence-corrected chi connectivity index (χ1v) is 5.61. The average molecular weight is 346 g/mol. The van der Waals surface area contributed by atoms with Crippen LogP contribution in [0.2, 0.25) is 0 Å². The van der Waals surface area contributed by atoms with E-state index in [-0.39, 0.29) is 29.8 Å². The van der Waals surface area contributed by atoms with Gasteiger partial charge in [0.15, 0.2) is 6.29 Å². The third-order valence-electron chi connectivity index (χ3n) is 2.00. The zero-order chi connectivity index (χ0) is 17.3. The van der Waals surface area contributed by atoms with Gasteiger partial charge in [0.05, 0.1) is 13.2 Å². The van der Waals surface area contributed by atoms with Crippen LogP contribution in [0.3, 0.4) is 0 Å². The predicted octanol–water partition coefficient (Wildman–Crippen LogP) is 2.65. The fourth-order valence-electron chi connectivity index (χ4n) is 1.36. The average Bonchev–Trinajstić information content (AvgIpc) is 2.58. The van der Waals surface area contributed by atoms with Crippen LogP contribution in [0.4, 0.5) is 0 Å². The first-order valence-electron chi connectivity index (χ1n) is 5.61. The summed E-state index contributed by atoms with van der Waals surface area (Å²) in [6.07, 6.45) is -0.263. The van der Waals surface area contributed by atoms with Gasteiger partial charge in [0.25, 0.3) is 0 Å². The van der Waals surface area contributed by atoms with Crippen LogP contribution < -0.4 is 4.74 Å². The molecule has 1 aromatic rings. The molecule has 0 aliphatic carbocycles. The minimum Gasteiger partial charge on any atom is 0 e. The van der Waals surface area contributed by atoms with Gasteiger partial charge in [-0.3, -0.25) is 0 Å². The van der Waals surface area contributed by atoms with Crippen molar-refractivity contribution in [3.05, 3.63) is 49.8 Å². The van der Waals surface area contributed by atoms with Gasteiger partial charge in [0.1, 0.15) is 5.75 Å². The molecule has 0 aromatic heterocycles. The maximum atomic E-state index is 7.50. The van der Waals surface area contributed by atoms with Gasteiger partial charge in [-0.2, -0.15) is 0 Å². The largest absolute Gasteiger partial charge is 0 e. The first kappa shape index (κ1) is 28.8. The Morgan fingerprint density at radius 3 is 1.73 bits per heavy atom. The van der Waals surface area contributed by atoms with Gasteiger partial charge >= 0.3 is 33.9 Å². The quantitative estimate of drug-likeness (QED) is 0.466. The Kier molecular flexibility index (Phi) is 28.8. The Morgan fingerprint density at radius 1 is 0.909 bits per heavy atom. The topological polar surface area (TPSA) is 87.4 Å². The Labute approximate surface area is 142 Å². The summed E-state index contributed by atoms with van der Waals surface area (Å²) < 4.78 is 38.7. The Morgan fingerprint density at radius 2 is 1.36 bits per heavy atom. The molecule has 0 bridgehead atoms. The molecule has 0 aliphatic rings. The van der Waals surface area contributed by atoms with Crippen LogP contribution in [0, 0.1) is 20.0 Å². The number of hydrogen-bond donors (Lipinski definition) is 0. The molecule has 0 unspecified atom stereocenters. The molecular weight excluding hydrogens is 328 g/mol. The maximum absolute atomic E-state index is 7.50. The Balaban J connectivity index is -0.000000206. The van der Waals surface area contributed by atoms with E-state index in [1.54, 1.807) is 14.2 Å². The van der Waals surface area contributed by atoms with Gasteiger partial charge in [-0.25, -0.2) is 0 Å². The van der Waals surface area contributed by atoms with Crippen LogP contribution in [0.1, 0.15) is 25.7 Å². The summed E-state index contributed by atoms with van der Waals surface area (Å²) in [5.41, 5.74) is 0.913. The third-order valence-corrected chi connectivity index (χ3v) is 2.00. The molecule has 6 nitrogen and oxygen atoms in total. The van der Waals surface area contributed by atoms with Crippen molar-refractivity contribution in [1.82, 2.24) is 0 Å². The van der Waals surface area contributed by atoms with Crippen LogP contribution in [-0.4, -0.2) is 20.3 Å². The van der Waals surface area contributed by atoms with E-state index in [1.165, 1.54) is 0 Å². The standard InChI is InChI=1S/C12H18O3.3CO.Cr/c1-9(2)15-12(14-4)10-7-5-6-8-11(10)13-3;3*1-2;/h5-9,12H,1-4H3;;;;/t12-;;;;/m1..../s1. The maximum Gasteiger partial charge on any atom is 0 e. The molecule has 7 heteroatoms. The number of methoxy groups -OCH3 is 2. The second-order valence-corrected chi connectivity index (χ2v) is 3.49. The van der Waals surface area contributed by atoms with Crippen molar-refractivity contribution in [1.29, 1.82) is 0 Å². The molecule has 0 saturated carbocycles. The smallest absolute Gasteiger partial charge is 0 e. The monoisotopic (exact) mass is 346 g/mol. The van der Waals surface area contributed by atoms with E-state index in [1.807, 2.05) is 38.1 Å². The molecular formula is C15H18CrO6. The van der Waals surface area contributed by atoms with Crippen LogP contribution >= 0.6 is 0 Å². The minimum absolute atomic E-state index is 0. The van der Waals surface area contributed by atoms with Gasteiger partial charge in [0, 0.05) is 30.0 Å². The van der Waals surface area contributed by atoms with Crippen molar-refractivity contribution in [2.24, 2.45) is 0 Å². The summed E-state index contributed by atoms with van der Waals surface area (Å²) >= 11 is 0. The summed E-state index contributed by atoms with van der Waals surface area (Å²) in [7, 11) is 3.26. The SMILES string of the molecule is COc1ccccc1[C@H](OC)OC(C)C.[C-]#[O+].[C-]#[O+].[C-]#[O+].[Cr]. The van der Waals surface area contributed by atoms with E-state index in [0.29, 0.717) is 0 Å². The van der Waals surface area contributed by atoms with E-state index >= 15 is 0 Å². The molecule has 0 heterocycles. The van der Waals surface area contributed by atoms with Crippen molar-refractivity contribution < 1.29 is 45.5 Å². The van der Waals surface area contributed by atoms with Gasteiger partial charge in [-0.15, -0.1) is 0 Å². The molecule has 1 atom stereocenters. The van der Waals surface area contributed by atoms with Crippen LogP contribution in [-0.2, 0) is 40.8 Å². The minimum atomic E-state index is -0.374. The molecule has 0 fully saturated rings. The zero-order valence-corrected chi connectivity index (χ0v) is 14.1. The molecule has 0 aliphatic heterocycles. The zero-order valence-electron chi connectivity index (χ0n) is 12.8. The third kappa shape index (κ3) is 12.4.